The number of benzene rings is 2. The fourth-order valence-corrected chi connectivity index (χ4v) is 2.54. The molecule has 0 saturated heterocycles. The van der Waals surface area contributed by atoms with Gasteiger partial charge >= 0.3 is 0 Å². The molecule has 0 atom stereocenters. The van der Waals surface area contributed by atoms with Gasteiger partial charge in [-0.25, -0.2) is 0 Å². The molecule has 2 aromatic rings. The number of anilines is 1. The van der Waals surface area contributed by atoms with Gasteiger partial charge in [-0.15, -0.1) is 0 Å². The lowest BCUT2D eigenvalue weighted by atomic mass is 10.1. The summed E-state index contributed by atoms with van der Waals surface area (Å²) in [6, 6.07) is 14.7. The molecule has 2 nitrogen and oxygen atoms in total. The first-order valence-electron chi connectivity index (χ1n) is 6.64. The highest BCUT2D eigenvalue weighted by Crippen LogP contribution is 2.18. The first kappa shape index (κ1) is 14.5. The highest BCUT2D eigenvalue weighted by molar-refractivity contribution is 7.80. The number of hydrogen-bond acceptors (Lipinski definition) is 2. The summed E-state index contributed by atoms with van der Waals surface area (Å²) in [6.07, 6.45) is 0. The Morgan fingerprint density at radius 3 is 2.10 bits per heavy atom. The van der Waals surface area contributed by atoms with Crippen LogP contribution in [0.25, 0.3) is 0 Å². The molecular formula is C17H20N2S. The van der Waals surface area contributed by atoms with Gasteiger partial charge in [0.15, 0.2) is 0 Å². The Kier molecular flexibility index (Phi) is 4.40. The summed E-state index contributed by atoms with van der Waals surface area (Å²) in [6.45, 7) is 5.15. The van der Waals surface area contributed by atoms with Crippen LogP contribution in [-0.4, -0.2) is 12.0 Å². The molecule has 0 bridgehead atoms. The highest BCUT2D eigenvalue weighted by atomic mass is 32.1. The number of nitrogens with zero attached hydrogens (tertiary/aromatic N) is 1. The lowest BCUT2D eigenvalue weighted by molar-refractivity contribution is 0.919. The van der Waals surface area contributed by atoms with Crippen molar-refractivity contribution in [2.24, 2.45) is 5.73 Å². The Bertz CT molecular complexity index is 597. The number of hydrogen-bond donors (Lipinski definition) is 1. The molecule has 20 heavy (non-hydrogen) atoms. The first-order valence-corrected chi connectivity index (χ1v) is 7.05. The van der Waals surface area contributed by atoms with E-state index in [2.05, 4.69) is 56.1 Å². The molecule has 0 saturated carbocycles. The molecule has 0 spiro atoms. The summed E-state index contributed by atoms with van der Waals surface area (Å²) in [7, 11) is 2.09. The third-order valence-electron chi connectivity index (χ3n) is 3.29. The summed E-state index contributed by atoms with van der Waals surface area (Å²) < 4.78 is 0. The second kappa shape index (κ2) is 6.06. The molecule has 2 N–H and O–H groups in total. The van der Waals surface area contributed by atoms with Gasteiger partial charge in [-0.3, -0.25) is 0 Å². The summed E-state index contributed by atoms with van der Waals surface area (Å²) in [5.74, 6) is 0. The van der Waals surface area contributed by atoms with E-state index in [1.807, 2.05) is 12.1 Å². The Balaban J connectivity index is 2.14. The molecule has 0 heterocycles. The van der Waals surface area contributed by atoms with Crippen molar-refractivity contribution in [2.75, 3.05) is 11.9 Å². The van der Waals surface area contributed by atoms with Crippen LogP contribution < -0.4 is 10.6 Å². The van der Waals surface area contributed by atoms with Crippen LogP contribution in [0.5, 0.6) is 0 Å². The van der Waals surface area contributed by atoms with Crippen molar-refractivity contribution in [3.8, 4) is 0 Å². The summed E-state index contributed by atoms with van der Waals surface area (Å²) in [5.41, 5.74) is 11.6. The maximum Gasteiger partial charge on any atom is 0.103 e. The van der Waals surface area contributed by atoms with Crippen molar-refractivity contribution in [1.29, 1.82) is 0 Å². The maximum atomic E-state index is 5.61. The predicted molar refractivity (Wildman–Crippen MR) is 90.4 cm³/mol. The average Bonchev–Trinajstić information content (AvgIpc) is 2.37. The number of thiocarbonyl (C=S) groups is 1. The molecule has 0 radical (unpaired) electrons. The lowest BCUT2D eigenvalue weighted by Crippen LogP contribution is -2.17. The smallest absolute Gasteiger partial charge is 0.103 e. The molecule has 0 aliphatic rings. The van der Waals surface area contributed by atoms with Gasteiger partial charge in [-0.05, 0) is 43.7 Å². The van der Waals surface area contributed by atoms with Crippen LogP contribution in [0.1, 0.15) is 22.3 Å². The minimum atomic E-state index is 0.438. The molecule has 0 unspecified atom stereocenters. The van der Waals surface area contributed by atoms with Gasteiger partial charge in [-0.2, -0.15) is 0 Å². The van der Waals surface area contributed by atoms with Gasteiger partial charge in [0.25, 0.3) is 0 Å². The van der Waals surface area contributed by atoms with E-state index in [0.717, 1.165) is 17.8 Å². The van der Waals surface area contributed by atoms with Gasteiger partial charge in [0, 0.05) is 24.8 Å². The summed E-state index contributed by atoms with van der Waals surface area (Å²) >= 11 is 4.97. The Labute approximate surface area is 126 Å². The minimum Gasteiger partial charge on any atom is -0.389 e. The third-order valence-corrected chi connectivity index (χ3v) is 3.53. The zero-order chi connectivity index (χ0) is 14.7. The van der Waals surface area contributed by atoms with E-state index in [9.17, 15) is 0 Å². The number of nitrogens with two attached hydrogens (primary N) is 1. The summed E-state index contributed by atoms with van der Waals surface area (Å²) in [4.78, 5) is 2.66. The number of aryl methyl sites for hydroxylation is 2. The Morgan fingerprint density at radius 2 is 1.60 bits per heavy atom. The fraction of sp³-hybridized carbons (Fsp3) is 0.235. The van der Waals surface area contributed by atoms with Crippen molar-refractivity contribution in [1.82, 2.24) is 0 Å². The molecule has 2 aromatic carbocycles. The van der Waals surface area contributed by atoms with E-state index in [1.165, 1.54) is 16.7 Å². The van der Waals surface area contributed by atoms with Gasteiger partial charge in [0.1, 0.15) is 4.99 Å². The monoisotopic (exact) mass is 284 g/mol. The second-order valence-electron chi connectivity index (χ2n) is 5.26. The third kappa shape index (κ3) is 3.58. The van der Waals surface area contributed by atoms with Gasteiger partial charge < -0.3 is 10.6 Å². The Hall–Kier alpha value is -1.87. The molecular weight excluding hydrogens is 264 g/mol. The van der Waals surface area contributed by atoms with E-state index < -0.39 is 0 Å². The molecule has 0 aliphatic carbocycles. The predicted octanol–water partition coefficient (Wildman–Crippen LogP) is 3.57. The van der Waals surface area contributed by atoms with Crippen molar-refractivity contribution in [3.05, 3.63) is 64.7 Å². The van der Waals surface area contributed by atoms with Gasteiger partial charge in [-0.1, -0.05) is 41.5 Å². The SMILES string of the molecule is Cc1cc(C)cc(CN(C)c2ccc(C(N)=S)cc2)c1. The van der Waals surface area contributed by atoms with Crippen LogP contribution in [0.2, 0.25) is 0 Å². The van der Waals surface area contributed by atoms with E-state index in [0.29, 0.717) is 4.99 Å². The summed E-state index contributed by atoms with van der Waals surface area (Å²) in [5, 5.41) is 0. The van der Waals surface area contributed by atoms with Gasteiger partial charge in [0.2, 0.25) is 0 Å². The molecule has 2 rings (SSSR count). The molecule has 3 heteroatoms. The molecule has 0 amide bonds. The molecule has 0 fully saturated rings. The van der Waals surface area contributed by atoms with Crippen molar-refractivity contribution < 1.29 is 0 Å². The van der Waals surface area contributed by atoms with Gasteiger partial charge in [0.05, 0.1) is 0 Å². The largest absolute Gasteiger partial charge is 0.389 e. The van der Waals surface area contributed by atoms with Crippen LogP contribution in [0.4, 0.5) is 5.69 Å². The maximum absolute atomic E-state index is 5.61. The molecule has 104 valence electrons. The van der Waals surface area contributed by atoms with Crippen LogP contribution in [-0.2, 0) is 6.54 Å². The lowest BCUT2D eigenvalue weighted by Gasteiger charge is -2.20. The van der Waals surface area contributed by atoms with Crippen LogP contribution in [0, 0.1) is 13.8 Å². The Morgan fingerprint density at radius 1 is 1.05 bits per heavy atom. The topological polar surface area (TPSA) is 29.3 Å². The standard InChI is InChI=1S/C17H20N2S/c1-12-8-13(2)10-14(9-12)11-19(3)16-6-4-15(5-7-16)17(18)20/h4-10H,11H2,1-3H3,(H2,18,20). The molecule has 0 aromatic heterocycles. The van der Waals surface area contributed by atoms with Crippen molar-refractivity contribution in [3.63, 3.8) is 0 Å². The van der Waals surface area contributed by atoms with Crippen LogP contribution in [0.3, 0.4) is 0 Å². The average molecular weight is 284 g/mol. The highest BCUT2D eigenvalue weighted by Gasteiger charge is 2.04. The first-order chi connectivity index (χ1) is 9.45. The van der Waals surface area contributed by atoms with E-state index >= 15 is 0 Å². The van der Waals surface area contributed by atoms with E-state index in [4.69, 9.17) is 18.0 Å². The minimum absolute atomic E-state index is 0.438. The fourth-order valence-electron chi connectivity index (χ4n) is 2.41. The van der Waals surface area contributed by atoms with Crippen molar-refractivity contribution in [2.45, 2.75) is 20.4 Å². The van der Waals surface area contributed by atoms with Crippen LogP contribution in [0.15, 0.2) is 42.5 Å². The zero-order valence-corrected chi connectivity index (χ0v) is 13.0. The van der Waals surface area contributed by atoms with E-state index in [-0.39, 0.29) is 0 Å². The zero-order valence-electron chi connectivity index (χ0n) is 12.2. The second-order valence-corrected chi connectivity index (χ2v) is 5.70. The van der Waals surface area contributed by atoms with E-state index in [1.54, 1.807) is 0 Å². The molecule has 0 aliphatic heterocycles. The number of rotatable bonds is 4. The van der Waals surface area contributed by atoms with Crippen molar-refractivity contribution >= 4 is 22.9 Å². The quantitative estimate of drug-likeness (QED) is 0.870. The normalized spacial score (nSPS) is 10.3. The van der Waals surface area contributed by atoms with Crippen LogP contribution >= 0.6 is 12.2 Å².